The molecule has 1 fully saturated rings. The highest BCUT2D eigenvalue weighted by atomic mass is 79.9. The van der Waals surface area contributed by atoms with Crippen molar-refractivity contribution in [3.63, 3.8) is 0 Å². The molecule has 1 heterocycles. The molecule has 17 heavy (non-hydrogen) atoms. The van der Waals surface area contributed by atoms with Gasteiger partial charge in [0.15, 0.2) is 0 Å². The van der Waals surface area contributed by atoms with E-state index in [-0.39, 0.29) is 4.90 Å². The van der Waals surface area contributed by atoms with E-state index in [2.05, 4.69) is 36.8 Å². The summed E-state index contributed by atoms with van der Waals surface area (Å²) in [6.07, 6.45) is 2.33. The molecule has 7 heteroatoms. The highest BCUT2D eigenvalue weighted by molar-refractivity contribution is 9.11. The van der Waals surface area contributed by atoms with Crippen molar-refractivity contribution in [1.82, 2.24) is 0 Å². The smallest absolute Gasteiger partial charge is 0.238 e. The molecular weight excluding hydrogens is 372 g/mol. The molecule has 0 radical (unpaired) electrons. The molecule has 0 bridgehead atoms. The first kappa shape index (κ1) is 13.3. The van der Waals surface area contributed by atoms with Crippen LogP contribution >= 0.6 is 31.9 Å². The van der Waals surface area contributed by atoms with Crippen molar-refractivity contribution in [3.05, 3.63) is 21.1 Å². The quantitative estimate of drug-likeness (QED) is 0.853. The molecule has 0 aliphatic carbocycles. The van der Waals surface area contributed by atoms with E-state index < -0.39 is 10.0 Å². The third kappa shape index (κ3) is 2.83. The summed E-state index contributed by atoms with van der Waals surface area (Å²) in [5.74, 6) is 0. The number of hydrogen-bond donors (Lipinski definition) is 1. The Morgan fingerprint density at radius 3 is 2.00 bits per heavy atom. The fraction of sp³-hybridized carbons (Fsp3) is 0.400. The number of primary sulfonamides is 1. The van der Waals surface area contributed by atoms with E-state index >= 15 is 0 Å². The number of anilines is 1. The van der Waals surface area contributed by atoms with Gasteiger partial charge < -0.3 is 4.90 Å². The Hall–Kier alpha value is -0.110. The van der Waals surface area contributed by atoms with E-state index in [0.29, 0.717) is 0 Å². The molecule has 1 aliphatic heterocycles. The van der Waals surface area contributed by atoms with Gasteiger partial charge in [-0.05, 0) is 56.8 Å². The zero-order chi connectivity index (χ0) is 12.6. The predicted molar refractivity (Wildman–Crippen MR) is 74.7 cm³/mol. The third-order valence-corrected chi connectivity index (χ3v) is 4.84. The average Bonchev–Trinajstić information content (AvgIpc) is 2.68. The van der Waals surface area contributed by atoms with Gasteiger partial charge in [-0.3, -0.25) is 0 Å². The largest absolute Gasteiger partial charge is 0.370 e. The molecule has 0 atom stereocenters. The molecule has 1 aliphatic rings. The highest BCUT2D eigenvalue weighted by Crippen LogP contribution is 2.37. The summed E-state index contributed by atoms with van der Waals surface area (Å²) < 4.78 is 24.1. The Bertz CT molecular complexity index is 516. The Kier molecular flexibility index (Phi) is 3.82. The minimum absolute atomic E-state index is 0.110. The molecule has 1 aromatic rings. The Balaban J connectivity index is 2.49. The molecule has 0 spiro atoms. The van der Waals surface area contributed by atoms with Crippen molar-refractivity contribution in [2.24, 2.45) is 5.14 Å². The van der Waals surface area contributed by atoms with Gasteiger partial charge in [0.1, 0.15) is 0 Å². The van der Waals surface area contributed by atoms with Crippen molar-refractivity contribution in [2.45, 2.75) is 17.7 Å². The Morgan fingerprint density at radius 2 is 1.59 bits per heavy atom. The van der Waals surface area contributed by atoms with E-state index in [4.69, 9.17) is 5.14 Å². The number of hydrogen-bond acceptors (Lipinski definition) is 3. The van der Waals surface area contributed by atoms with Gasteiger partial charge in [-0.2, -0.15) is 0 Å². The first-order valence-electron chi connectivity index (χ1n) is 5.16. The van der Waals surface area contributed by atoms with Gasteiger partial charge in [-0.25, -0.2) is 13.6 Å². The summed E-state index contributed by atoms with van der Waals surface area (Å²) in [6, 6.07) is 3.10. The summed E-state index contributed by atoms with van der Waals surface area (Å²) in [6.45, 7) is 1.98. The molecule has 0 amide bonds. The van der Waals surface area contributed by atoms with E-state index in [9.17, 15) is 8.42 Å². The molecule has 2 N–H and O–H groups in total. The maximum atomic E-state index is 11.3. The lowest BCUT2D eigenvalue weighted by atomic mass is 10.3. The topological polar surface area (TPSA) is 63.4 Å². The van der Waals surface area contributed by atoms with Crippen LogP contribution in [0.5, 0.6) is 0 Å². The number of nitrogens with two attached hydrogens (primary N) is 1. The van der Waals surface area contributed by atoms with Gasteiger partial charge in [-0.15, -0.1) is 0 Å². The van der Waals surface area contributed by atoms with Gasteiger partial charge in [0, 0.05) is 22.0 Å². The highest BCUT2D eigenvalue weighted by Gasteiger charge is 2.20. The molecule has 94 valence electrons. The minimum atomic E-state index is -3.67. The van der Waals surface area contributed by atoms with Crippen LogP contribution in [0.3, 0.4) is 0 Å². The van der Waals surface area contributed by atoms with E-state index in [1.54, 1.807) is 12.1 Å². The number of nitrogens with zero attached hydrogens (tertiary/aromatic N) is 1. The Morgan fingerprint density at radius 1 is 1.12 bits per heavy atom. The van der Waals surface area contributed by atoms with Crippen LogP contribution in [-0.2, 0) is 10.0 Å². The number of halogens is 2. The summed E-state index contributed by atoms with van der Waals surface area (Å²) in [5.41, 5.74) is 0.995. The van der Waals surface area contributed by atoms with Crippen LogP contribution in [0, 0.1) is 0 Å². The van der Waals surface area contributed by atoms with Crippen LogP contribution in [0.2, 0.25) is 0 Å². The third-order valence-electron chi connectivity index (χ3n) is 2.74. The van der Waals surface area contributed by atoms with Crippen molar-refractivity contribution in [2.75, 3.05) is 18.0 Å². The fourth-order valence-corrected chi connectivity index (χ4v) is 4.50. The monoisotopic (exact) mass is 382 g/mol. The van der Waals surface area contributed by atoms with Crippen LogP contribution in [0.25, 0.3) is 0 Å². The minimum Gasteiger partial charge on any atom is -0.370 e. The number of benzene rings is 1. The van der Waals surface area contributed by atoms with E-state index in [0.717, 1.165) is 40.6 Å². The first-order valence-corrected chi connectivity index (χ1v) is 8.29. The maximum absolute atomic E-state index is 11.3. The molecule has 4 nitrogen and oxygen atoms in total. The molecular formula is C10H12Br2N2O2S. The molecule has 2 rings (SSSR count). The SMILES string of the molecule is NS(=O)(=O)c1cc(Br)c(N2CCCC2)c(Br)c1. The van der Waals surface area contributed by atoms with Crippen LogP contribution in [-0.4, -0.2) is 21.5 Å². The lowest BCUT2D eigenvalue weighted by Crippen LogP contribution is -2.19. The number of sulfonamides is 1. The van der Waals surface area contributed by atoms with Crippen molar-refractivity contribution < 1.29 is 8.42 Å². The zero-order valence-corrected chi connectivity index (χ0v) is 13.0. The molecule has 0 unspecified atom stereocenters. The summed E-state index contributed by atoms with van der Waals surface area (Å²) >= 11 is 6.82. The maximum Gasteiger partial charge on any atom is 0.238 e. The van der Waals surface area contributed by atoms with Crippen LogP contribution < -0.4 is 10.0 Å². The van der Waals surface area contributed by atoms with Gasteiger partial charge in [-0.1, -0.05) is 0 Å². The van der Waals surface area contributed by atoms with Crippen LogP contribution in [0.4, 0.5) is 5.69 Å². The van der Waals surface area contributed by atoms with Gasteiger partial charge in [0.25, 0.3) is 0 Å². The van der Waals surface area contributed by atoms with Crippen molar-refractivity contribution in [1.29, 1.82) is 0 Å². The van der Waals surface area contributed by atoms with Gasteiger partial charge in [0.05, 0.1) is 10.6 Å². The lowest BCUT2D eigenvalue weighted by Gasteiger charge is -2.21. The predicted octanol–water partition coefficient (Wildman–Crippen LogP) is 2.46. The first-order chi connectivity index (χ1) is 7.89. The van der Waals surface area contributed by atoms with Gasteiger partial charge in [0.2, 0.25) is 10.0 Å². The standard InChI is InChI=1S/C10H12Br2N2O2S/c11-8-5-7(17(13,15)16)6-9(12)10(8)14-3-1-2-4-14/h5-6H,1-4H2,(H2,13,15,16). The van der Waals surface area contributed by atoms with Crippen LogP contribution in [0.1, 0.15) is 12.8 Å². The summed E-state index contributed by atoms with van der Waals surface area (Å²) in [7, 11) is -3.67. The zero-order valence-electron chi connectivity index (χ0n) is 8.99. The number of rotatable bonds is 2. The van der Waals surface area contributed by atoms with Crippen molar-refractivity contribution in [3.8, 4) is 0 Å². The van der Waals surface area contributed by atoms with Crippen LogP contribution in [0.15, 0.2) is 26.0 Å². The average molecular weight is 384 g/mol. The molecule has 0 aromatic heterocycles. The normalized spacial score (nSPS) is 16.5. The fourth-order valence-electron chi connectivity index (χ4n) is 1.95. The Labute approximate surface area is 117 Å². The van der Waals surface area contributed by atoms with E-state index in [1.165, 1.54) is 0 Å². The lowest BCUT2D eigenvalue weighted by molar-refractivity contribution is 0.597. The summed E-state index contributed by atoms with van der Waals surface area (Å²) in [4.78, 5) is 2.33. The van der Waals surface area contributed by atoms with E-state index in [1.807, 2.05) is 0 Å². The van der Waals surface area contributed by atoms with Crippen molar-refractivity contribution >= 4 is 47.6 Å². The molecule has 1 saturated heterocycles. The molecule has 0 saturated carbocycles. The summed E-state index contributed by atoms with van der Waals surface area (Å²) in [5, 5.41) is 5.12. The second-order valence-electron chi connectivity index (χ2n) is 3.97. The molecule has 1 aromatic carbocycles. The second kappa shape index (κ2) is 4.87. The second-order valence-corrected chi connectivity index (χ2v) is 7.24. The van der Waals surface area contributed by atoms with Gasteiger partial charge >= 0.3 is 0 Å².